The second-order valence-electron chi connectivity index (χ2n) is 7.98. The lowest BCUT2D eigenvalue weighted by Crippen LogP contribution is -2.04. The first-order chi connectivity index (χ1) is 17.1. The molecular weight excluding hydrogens is 438 g/mol. The number of aromatic carboxylic acids is 1. The van der Waals surface area contributed by atoms with Crippen LogP contribution in [0.4, 0.5) is 0 Å². The molecule has 0 amide bonds. The zero-order chi connectivity index (χ0) is 24.2. The third-order valence-electron chi connectivity index (χ3n) is 5.54. The van der Waals surface area contributed by atoms with E-state index in [2.05, 4.69) is 21.9 Å². The first-order valence-corrected chi connectivity index (χ1v) is 11.1. The fraction of sp³-hybridized carbons (Fsp3) is 0.0690. The molecule has 0 aliphatic rings. The first-order valence-electron chi connectivity index (χ1n) is 11.1. The minimum absolute atomic E-state index is 0.141. The number of para-hydroxylation sites is 1. The maximum Gasteiger partial charge on any atom is 0.336 e. The van der Waals surface area contributed by atoms with Gasteiger partial charge in [0.2, 0.25) is 0 Å². The van der Waals surface area contributed by atoms with Crippen LogP contribution in [0.2, 0.25) is 0 Å². The van der Waals surface area contributed by atoms with Gasteiger partial charge in [0.05, 0.1) is 17.5 Å². The molecule has 0 spiro atoms. The van der Waals surface area contributed by atoms with Crippen LogP contribution < -0.4 is 4.74 Å². The number of rotatable bonds is 5. The van der Waals surface area contributed by atoms with Crippen LogP contribution in [-0.2, 0) is 6.54 Å². The van der Waals surface area contributed by atoms with Gasteiger partial charge in [0, 0.05) is 11.3 Å². The molecule has 0 unspecified atom stereocenters. The predicted octanol–water partition coefficient (Wildman–Crippen LogP) is 5.68. The first kappa shape index (κ1) is 21.9. The van der Waals surface area contributed by atoms with Gasteiger partial charge in [-0.25, -0.2) is 9.78 Å². The molecular formula is C29H21N3O3. The molecule has 2 aromatic heterocycles. The smallest absolute Gasteiger partial charge is 0.336 e. The summed E-state index contributed by atoms with van der Waals surface area (Å²) < 4.78 is 7.62. The lowest BCUT2D eigenvalue weighted by atomic mass is 10.1. The Hall–Kier alpha value is -4.89. The van der Waals surface area contributed by atoms with Crippen LogP contribution in [0.1, 0.15) is 32.9 Å². The van der Waals surface area contributed by atoms with Crippen molar-refractivity contribution in [2.75, 3.05) is 0 Å². The molecule has 5 aromatic rings. The summed E-state index contributed by atoms with van der Waals surface area (Å²) in [6, 6.07) is 28.3. The highest BCUT2D eigenvalue weighted by Gasteiger charge is 2.18. The number of hydrogen-bond donors (Lipinski definition) is 1. The number of ether oxygens (including phenoxy) is 1. The zero-order valence-electron chi connectivity index (χ0n) is 19.0. The van der Waals surface area contributed by atoms with Crippen LogP contribution in [-0.4, -0.2) is 25.8 Å². The highest BCUT2D eigenvalue weighted by atomic mass is 16.5. The van der Waals surface area contributed by atoms with Crippen LogP contribution >= 0.6 is 0 Å². The van der Waals surface area contributed by atoms with Crippen molar-refractivity contribution in [1.29, 1.82) is 0 Å². The van der Waals surface area contributed by atoms with Gasteiger partial charge < -0.3 is 9.84 Å². The molecule has 0 saturated heterocycles. The Morgan fingerprint density at radius 2 is 1.57 bits per heavy atom. The van der Waals surface area contributed by atoms with Crippen LogP contribution in [0.3, 0.4) is 0 Å². The van der Waals surface area contributed by atoms with Crippen LogP contribution in [0.15, 0.2) is 91.0 Å². The van der Waals surface area contributed by atoms with Gasteiger partial charge in [-0.05, 0) is 60.9 Å². The Kier molecular flexibility index (Phi) is 5.98. The van der Waals surface area contributed by atoms with Crippen molar-refractivity contribution in [2.45, 2.75) is 13.5 Å². The monoisotopic (exact) mass is 459 g/mol. The van der Waals surface area contributed by atoms with E-state index in [1.54, 1.807) is 4.68 Å². The molecule has 35 heavy (non-hydrogen) atoms. The molecule has 3 aromatic carbocycles. The molecule has 0 fully saturated rings. The molecule has 0 aliphatic carbocycles. The van der Waals surface area contributed by atoms with E-state index in [9.17, 15) is 9.90 Å². The lowest BCUT2D eigenvalue weighted by Gasteiger charge is -2.08. The summed E-state index contributed by atoms with van der Waals surface area (Å²) in [6.07, 6.45) is 0. The number of aryl methyl sites for hydroxylation is 1. The Bertz CT molecular complexity index is 1560. The minimum atomic E-state index is -1.04. The Morgan fingerprint density at radius 1 is 0.914 bits per heavy atom. The number of hydrogen-bond acceptors (Lipinski definition) is 4. The topological polar surface area (TPSA) is 77.2 Å². The molecule has 0 bridgehead atoms. The average molecular weight is 460 g/mol. The fourth-order valence-electron chi connectivity index (χ4n) is 3.78. The maximum absolute atomic E-state index is 12.0. The van der Waals surface area contributed by atoms with Crippen molar-refractivity contribution in [3.63, 3.8) is 0 Å². The summed E-state index contributed by atoms with van der Waals surface area (Å²) in [5.74, 6) is 6.46. The van der Waals surface area contributed by atoms with E-state index in [0.717, 1.165) is 28.3 Å². The van der Waals surface area contributed by atoms with Gasteiger partial charge in [0.15, 0.2) is 5.65 Å². The van der Waals surface area contributed by atoms with Crippen molar-refractivity contribution in [3.05, 3.63) is 119 Å². The Balaban J connectivity index is 1.44. The summed E-state index contributed by atoms with van der Waals surface area (Å²) in [7, 11) is 0. The predicted molar refractivity (Wildman–Crippen MR) is 134 cm³/mol. The number of nitrogens with zero attached hydrogens (tertiary/aromatic N) is 3. The number of carboxylic acids is 1. The van der Waals surface area contributed by atoms with E-state index in [1.165, 1.54) is 6.07 Å². The third kappa shape index (κ3) is 4.90. The third-order valence-corrected chi connectivity index (χ3v) is 5.54. The van der Waals surface area contributed by atoms with Gasteiger partial charge in [-0.1, -0.05) is 54.5 Å². The quantitative estimate of drug-likeness (QED) is 0.342. The maximum atomic E-state index is 12.0. The molecule has 0 saturated carbocycles. The van der Waals surface area contributed by atoms with Crippen molar-refractivity contribution in [1.82, 2.24) is 14.8 Å². The van der Waals surface area contributed by atoms with E-state index in [4.69, 9.17) is 4.74 Å². The zero-order valence-corrected chi connectivity index (χ0v) is 19.0. The number of pyridine rings is 1. The second kappa shape index (κ2) is 9.54. The second-order valence-corrected chi connectivity index (χ2v) is 7.98. The molecule has 0 radical (unpaired) electrons. The van der Waals surface area contributed by atoms with Gasteiger partial charge >= 0.3 is 5.97 Å². The SMILES string of the molecule is Cc1c2c(C(=O)O)cc(C#Cc3ccccc3)nc2nn1Cc1ccc(Oc2ccccc2)cc1. The lowest BCUT2D eigenvalue weighted by molar-refractivity contribution is 0.0699. The van der Waals surface area contributed by atoms with Gasteiger partial charge in [-0.15, -0.1) is 0 Å². The standard InChI is InChI=1S/C29H21N3O3/c1-20-27-26(29(33)34)18-23(15-12-21-8-4-2-5-9-21)30-28(27)31-32(20)19-22-13-16-25(17-14-22)35-24-10-6-3-7-11-24/h2-11,13-14,16-18H,19H2,1H3,(H,33,34). The molecule has 6 nitrogen and oxygen atoms in total. The van der Waals surface area contributed by atoms with E-state index < -0.39 is 5.97 Å². The largest absolute Gasteiger partial charge is 0.478 e. The number of fused-ring (bicyclic) bond motifs is 1. The Labute approximate surface area is 202 Å². The van der Waals surface area contributed by atoms with E-state index in [-0.39, 0.29) is 5.56 Å². The van der Waals surface area contributed by atoms with Crippen molar-refractivity contribution >= 4 is 17.0 Å². The van der Waals surface area contributed by atoms with E-state index >= 15 is 0 Å². The summed E-state index contributed by atoms with van der Waals surface area (Å²) >= 11 is 0. The highest BCUT2D eigenvalue weighted by Crippen LogP contribution is 2.24. The highest BCUT2D eigenvalue weighted by molar-refractivity contribution is 6.03. The minimum Gasteiger partial charge on any atom is -0.478 e. The van der Waals surface area contributed by atoms with Crippen LogP contribution in [0.25, 0.3) is 11.0 Å². The fourth-order valence-corrected chi connectivity index (χ4v) is 3.78. The van der Waals surface area contributed by atoms with Crippen molar-refractivity contribution < 1.29 is 14.6 Å². The van der Waals surface area contributed by atoms with Gasteiger partial charge in [0.25, 0.3) is 0 Å². The van der Waals surface area contributed by atoms with Crippen LogP contribution in [0, 0.1) is 18.8 Å². The number of aromatic nitrogens is 3. The van der Waals surface area contributed by atoms with Gasteiger partial charge in [0.1, 0.15) is 17.2 Å². The number of carboxylic acid groups (broad SMARTS) is 1. The Morgan fingerprint density at radius 3 is 2.26 bits per heavy atom. The molecule has 5 rings (SSSR count). The summed E-state index contributed by atoms with van der Waals surface area (Å²) in [6.45, 7) is 2.32. The van der Waals surface area contributed by atoms with Gasteiger partial charge in [-0.3, -0.25) is 4.68 Å². The van der Waals surface area contributed by atoms with Crippen LogP contribution in [0.5, 0.6) is 11.5 Å². The van der Waals surface area contributed by atoms with Gasteiger partial charge in [-0.2, -0.15) is 5.10 Å². The molecule has 1 N–H and O–H groups in total. The van der Waals surface area contributed by atoms with E-state index in [0.29, 0.717) is 23.3 Å². The summed E-state index contributed by atoms with van der Waals surface area (Å²) in [5, 5.41) is 15.0. The average Bonchev–Trinajstić information content (AvgIpc) is 3.19. The number of carbonyl (C=O) groups is 1. The van der Waals surface area contributed by atoms with E-state index in [1.807, 2.05) is 91.9 Å². The molecule has 0 atom stereocenters. The van der Waals surface area contributed by atoms with Crippen molar-refractivity contribution in [2.24, 2.45) is 0 Å². The molecule has 170 valence electrons. The molecule has 6 heteroatoms. The van der Waals surface area contributed by atoms with Crippen molar-refractivity contribution in [3.8, 4) is 23.3 Å². The molecule has 0 aliphatic heterocycles. The normalized spacial score (nSPS) is 10.5. The summed E-state index contributed by atoms with van der Waals surface area (Å²) in [5.41, 5.74) is 3.43. The number of benzene rings is 3. The summed E-state index contributed by atoms with van der Waals surface area (Å²) in [4.78, 5) is 16.6. The molecule has 2 heterocycles.